The van der Waals surface area contributed by atoms with Gasteiger partial charge in [-0.05, 0) is 130 Å². The molecule has 2 aromatic carbocycles. The average Bonchev–Trinajstić information content (AvgIpc) is 1.60. The lowest BCUT2D eigenvalue weighted by atomic mass is 9.49. The zero-order valence-electron chi connectivity index (χ0n) is 54.9. The van der Waals surface area contributed by atoms with Crippen molar-refractivity contribution in [3.05, 3.63) is 207 Å². The number of aliphatic hydroxyl groups excluding tert-OH is 3. The van der Waals surface area contributed by atoms with Crippen molar-refractivity contribution in [1.29, 1.82) is 0 Å². The second-order valence-electron chi connectivity index (χ2n) is 23.0. The van der Waals surface area contributed by atoms with E-state index in [0.717, 1.165) is 37.6 Å². The molecule has 0 saturated carbocycles. The van der Waals surface area contributed by atoms with Crippen LogP contribution in [0.3, 0.4) is 0 Å². The van der Waals surface area contributed by atoms with Crippen molar-refractivity contribution in [2.75, 3.05) is 35.7 Å². The normalized spacial score (nSPS) is 14.0. The highest BCUT2D eigenvalue weighted by Crippen LogP contribution is 2.43. The maximum absolute atomic E-state index is 13.9. The quantitative estimate of drug-likeness (QED) is 0.0205. The molecule has 0 bridgehead atoms. The van der Waals surface area contributed by atoms with Crippen LogP contribution in [0.5, 0.6) is 0 Å². The van der Waals surface area contributed by atoms with Gasteiger partial charge in [-0.25, -0.2) is 47.5 Å². The molecule has 0 radical (unpaired) electrons. The first-order valence-corrected chi connectivity index (χ1v) is 33.4. The zero-order chi connectivity index (χ0) is 73.9. The van der Waals surface area contributed by atoms with E-state index < -0.39 is 62.2 Å². The Morgan fingerprint density at radius 3 is 1.38 bits per heavy atom. The largest absolute Gasteiger partial charge is 0.488 e. The fourth-order valence-electron chi connectivity index (χ4n) is 8.41. The van der Waals surface area contributed by atoms with Gasteiger partial charge in [0.15, 0.2) is 39.6 Å². The maximum Gasteiger partial charge on any atom is 0.488 e. The molecule has 0 atom stereocenters. The van der Waals surface area contributed by atoms with Crippen LogP contribution in [0.4, 0.5) is 29.2 Å². The number of carbonyl (C=O) groups is 2. The van der Waals surface area contributed by atoms with Gasteiger partial charge in [-0.1, -0.05) is 61.2 Å². The summed E-state index contributed by atoms with van der Waals surface area (Å²) < 4.78 is 94.4. The number of nitrogens with one attached hydrogen (secondary N) is 3. The van der Waals surface area contributed by atoms with E-state index in [9.17, 15) is 46.6 Å². The molecule has 2 fully saturated rings. The molecule has 0 unspecified atom stereocenters. The number of alkyl halides is 1. The number of rotatable bonds is 15. The third-order valence-electron chi connectivity index (χ3n) is 15.0. The third-order valence-corrected chi connectivity index (χ3v) is 16.7. The highest BCUT2D eigenvalue weighted by Gasteiger charge is 2.63. The van der Waals surface area contributed by atoms with Crippen molar-refractivity contribution < 1.29 is 69.9 Å². The molecule has 102 heavy (non-hydrogen) atoms. The van der Waals surface area contributed by atoms with E-state index in [1.54, 1.807) is 24.5 Å². The van der Waals surface area contributed by atoms with E-state index in [-0.39, 0.29) is 142 Å². The number of hydrogen-bond acceptors (Lipinski definition) is 22. The van der Waals surface area contributed by atoms with Crippen LogP contribution >= 0.6 is 66.1 Å². The summed E-state index contributed by atoms with van der Waals surface area (Å²) in [6.45, 7) is 15.8. The Balaban J connectivity index is 0.000000285. The number of pyridine rings is 3. The van der Waals surface area contributed by atoms with Gasteiger partial charge in [-0.2, -0.15) is 0 Å². The van der Waals surface area contributed by atoms with Gasteiger partial charge >= 0.3 is 14.0 Å². The van der Waals surface area contributed by atoms with E-state index >= 15 is 0 Å². The average molecular weight is 1680 g/mol. The summed E-state index contributed by atoms with van der Waals surface area (Å²) in [4.78, 5) is 85.1. The molecule has 2 aliphatic heterocycles. The van der Waals surface area contributed by atoms with Crippen molar-refractivity contribution in [1.82, 2.24) is 54.7 Å². The van der Waals surface area contributed by atoms with Gasteiger partial charge in [0.1, 0.15) is 41.5 Å². The van der Waals surface area contributed by atoms with Crippen LogP contribution in [0.1, 0.15) is 102 Å². The molecule has 9 aromatic rings. The molecule has 37 heteroatoms. The number of aromatic nitrogens is 9. The molecule has 27 nitrogen and oxygen atoms in total. The number of hydrogen-bond donors (Lipinski definition) is 8. The molecule has 0 aliphatic carbocycles. The highest BCUT2D eigenvalue weighted by atomic mass is 127. The Kier molecular flexibility index (Phi) is 33.0. The molecular weight excluding hydrogens is 1610 g/mol. The van der Waals surface area contributed by atoms with Crippen molar-refractivity contribution in [3.8, 4) is 34.4 Å². The van der Waals surface area contributed by atoms with Gasteiger partial charge in [0, 0.05) is 93.0 Å². The fourth-order valence-corrected chi connectivity index (χ4v) is 9.25. The first-order chi connectivity index (χ1) is 47.2. The van der Waals surface area contributed by atoms with Crippen LogP contribution in [-0.2, 0) is 44.8 Å². The van der Waals surface area contributed by atoms with Crippen LogP contribution in [0.15, 0.2) is 148 Å². The predicted octanol–water partition coefficient (Wildman–Crippen LogP) is 9.99. The summed E-state index contributed by atoms with van der Waals surface area (Å²) in [5.74, 6) is -5.15. The number of nitrogens with zero attached hydrogens (tertiary/aromatic N) is 8. The van der Waals surface area contributed by atoms with Gasteiger partial charge in [0.25, 0.3) is 22.9 Å². The first-order valence-electron chi connectivity index (χ1n) is 29.9. The highest BCUT2D eigenvalue weighted by molar-refractivity contribution is 14.1. The number of oxazole rings is 2. The van der Waals surface area contributed by atoms with Gasteiger partial charge < -0.3 is 79.0 Å². The topological polar surface area (TPSA) is 388 Å². The number of nitrogens with two attached hydrogens (primary N) is 2. The third kappa shape index (κ3) is 23.2. The first kappa shape index (κ1) is 86.4. The van der Waals surface area contributed by atoms with E-state index in [4.69, 9.17) is 60.7 Å². The lowest BCUT2D eigenvalue weighted by molar-refractivity contribution is 0.00578. The zero-order valence-corrected chi connectivity index (χ0v) is 61.0. The van der Waals surface area contributed by atoms with Gasteiger partial charge in [-0.3, -0.25) is 24.0 Å². The molecule has 0 spiro atoms. The Hall–Kier alpha value is -8.04. The smallest absolute Gasteiger partial charge is 0.443 e. The summed E-state index contributed by atoms with van der Waals surface area (Å²) in [6, 6.07) is 15.8. The number of amides is 2. The molecular formula is C65H77B2Br2ClF4IN13O14. The van der Waals surface area contributed by atoms with Crippen molar-refractivity contribution >= 4 is 104 Å². The van der Waals surface area contributed by atoms with Crippen LogP contribution < -0.4 is 38.8 Å². The second-order valence-corrected chi connectivity index (χ2v) is 26.3. The number of halogens is 8. The van der Waals surface area contributed by atoms with E-state index in [0.29, 0.717) is 18.7 Å². The summed E-state index contributed by atoms with van der Waals surface area (Å²) >= 11 is 14.5. The van der Waals surface area contributed by atoms with Crippen LogP contribution in [0.2, 0.25) is 5.15 Å². The lowest BCUT2D eigenvalue weighted by Gasteiger charge is -2.32. The number of H-pyrrole nitrogens is 1. The standard InChI is InChI=1S/C22H18F2N6O4.C15H10ClF2N5O2.C12H24B2O4.C7H8BrNO2.C5H4BrNO.C2H5IO.2CH4/c23-14-2-1-3-15(24)13(14)10-27-21(33)19-20(25)29-18(22-26-6-9-34-22)17(28-19)12-4-5-16(32)30(11-12)7-8-31;16-12-10(15-20-4-5-25-15)23-13(19)11(22-12)14(24)21-6-7-8(17)2-1-3-9(7)18;1-9(2)10(3,4)16-13(15-9)14-17-11(5,6)12(7,8)18-14;8-6-1-2-7(11)9(5-6)3-4-10;6-4-1-2-5(8)7-3-4;3-1-2-4;;/h1-6,9,11,31H,7-8,10H2,(H2,25,29)(H,27,33);1-5H,6H2,(H2,19,23)(H,21,24);1-8H3;1-2,5,10H,3-4H2;1-3H,(H,7,8);4H,1-2H2;2*1H4. The Bertz CT molecular complexity index is 4310. The summed E-state index contributed by atoms with van der Waals surface area (Å²) in [7, 11) is -0.952. The number of nitrogen functional groups attached to an aromatic ring is 2. The molecule has 7 aromatic heterocycles. The van der Waals surface area contributed by atoms with Crippen LogP contribution in [-0.4, -0.2) is 132 Å². The Morgan fingerprint density at radius 1 is 0.588 bits per heavy atom. The van der Waals surface area contributed by atoms with Crippen molar-refractivity contribution in [3.63, 3.8) is 0 Å². The van der Waals surface area contributed by atoms with E-state index in [1.165, 1.54) is 76.6 Å². The summed E-state index contributed by atoms with van der Waals surface area (Å²) in [6.07, 6.45) is 10.1. The molecule has 2 aliphatic rings. The second kappa shape index (κ2) is 39.0. The molecule has 2 saturated heterocycles. The SMILES string of the molecule is C.C.CC1(C)OB(B2OC(C)(C)C(C)(C)O2)OC1(C)C.Nc1nc(-c2ncco2)c(-c2ccc(=O)n(CCO)c2)nc1C(=O)NCc1c(F)cccc1F.Nc1nc(-c2ncco2)c(Cl)nc1C(=O)NCc1c(F)cccc1F.O=c1ccc(Br)c[nH]1.O=c1ccc(Br)cn1CCO.OCCI. The van der Waals surface area contributed by atoms with Gasteiger partial charge in [0.05, 0.1) is 54.6 Å². The summed E-state index contributed by atoms with van der Waals surface area (Å²) in [5, 5.41) is 30.2. The minimum Gasteiger partial charge on any atom is -0.443 e. The van der Waals surface area contributed by atoms with Gasteiger partial charge in [-0.15, -0.1) is 0 Å². The van der Waals surface area contributed by atoms with Crippen molar-refractivity contribution in [2.24, 2.45) is 0 Å². The molecule has 10 N–H and O–H groups in total. The van der Waals surface area contributed by atoms with Crippen LogP contribution in [0.25, 0.3) is 34.4 Å². The minimum atomic E-state index is -0.823. The predicted molar refractivity (Wildman–Crippen MR) is 393 cm³/mol. The number of anilines is 2. The Labute approximate surface area is 620 Å². The summed E-state index contributed by atoms with van der Waals surface area (Å²) in [5.41, 5.74) is 9.17. The monoisotopic (exact) mass is 1680 g/mol. The van der Waals surface area contributed by atoms with E-state index in [2.05, 4.69) is 100.0 Å². The molecule has 548 valence electrons. The van der Waals surface area contributed by atoms with E-state index in [1.807, 2.05) is 55.4 Å². The number of carbonyl (C=O) groups excluding carboxylic acids is 2. The van der Waals surface area contributed by atoms with Crippen LogP contribution in [0, 0.1) is 23.3 Å². The minimum absolute atomic E-state index is 0. The number of benzene rings is 2. The fraction of sp³-hybridized carbons (Fsp3) is 0.338. The molecule has 9 heterocycles. The number of aliphatic hydroxyl groups is 3. The maximum atomic E-state index is 13.9. The lowest BCUT2D eigenvalue weighted by Crippen LogP contribution is -2.41. The van der Waals surface area contributed by atoms with Crippen molar-refractivity contribution in [2.45, 2.75) is 119 Å². The Morgan fingerprint density at radius 2 is 0.990 bits per heavy atom. The number of aromatic amines is 1. The van der Waals surface area contributed by atoms with Gasteiger partial charge in [0.2, 0.25) is 17.3 Å². The molecule has 11 rings (SSSR count). The molecule has 2 amide bonds.